The third-order valence-corrected chi connectivity index (χ3v) is 6.06. The van der Waals surface area contributed by atoms with Gasteiger partial charge in [0.1, 0.15) is 11.9 Å². The van der Waals surface area contributed by atoms with Crippen molar-refractivity contribution in [1.29, 1.82) is 0 Å². The quantitative estimate of drug-likeness (QED) is 0.846. The number of hydrogen-bond acceptors (Lipinski definition) is 3. The largest absolute Gasteiger partial charge is 0.490 e. The molecule has 0 aromatic heterocycles. The SMILES string of the molecule is O=S(=O)(c1ccc(Cl)cc1)N1CCC(Oc2ccccc2)CC1. The zero-order valence-corrected chi connectivity index (χ0v) is 14.1. The Balaban J connectivity index is 1.63. The van der Waals surface area contributed by atoms with E-state index in [1.54, 1.807) is 24.3 Å². The molecule has 1 fully saturated rings. The van der Waals surface area contributed by atoms with E-state index in [9.17, 15) is 8.42 Å². The molecule has 1 heterocycles. The summed E-state index contributed by atoms with van der Waals surface area (Å²) in [6.45, 7) is 0.922. The third kappa shape index (κ3) is 3.86. The van der Waals surface area contributed by atoms with Crippen molar-refractivity contribution in [3.8, 4) is 5.75 Å². The van der Waals surface area contributed by atoms with Crippen LogP contribution in [-0.4, -0.2) is 31.9 Å². The van der Waals surface area contributed by atoms with Crippen molar-refractivity contribution in [3.63, 3.8) is 0 Å². The lowest BCUT2D eigenvalue weighted by molar-refractivity contribution is 0.135. The van der Waals surface area contributed by atoms with Crippen LogP contribution in [0.15, 0.2) is 59.5 Å². The molecule has 1 aliphatic heterocycles. The first-order chi connectivity index (χ1) is 11.1. The normalized spacial score (nSPS) is 17.1. The molecule has 0 bridgehead atoms. The second-order valence-electron chi connectivity index (χ2n) is 5.49. The summed E-state index contributed by atoms with van der Waals surface area (Å²) in [5.74, 6) is 0.825. The van der Waals surface area contributed by atoms with Crippen LogP contribution < -0.4 is 4.74 Å². The van der Waals surface area contributed by atoms with Gasteiger partial charge in [-0.15, -0.1) is 0 Å². The molecule has 0 saturated carbocycles. The van der Waals surface area contributed by atoms with Gasteiger partial charge in [-0.25, -0.2) is 8.42 Å². The first kappa shape index (κ1) is 16.3. The highest BCUT2D eigenvalue weighted by atomic mass is 35.5. The summed E-state index contributed by atoms with van der Waals surface area (Å²) in [5.41, 5.74) is 0. The maximum absolute atomic E-state index is 12.6. The number of nitrogens with zero attached hydrogens (tertiary/aromatic N) is 1. The maximum atomic E-state index is 12.6. The van der Waals surface area contributed by atoms with Crippen LogP contribution in [0, 0.1) is 0 Å². The van der Waals surface area contributed by atoms with E-state index in [4.69, 9.17) is 16.3 Å². The molecule has 0 atom stereocenters. The summed E-state index contributed by atoms with van der Waals surface area (Å²) in [7, 11) is -3.46. The second-order valence-corrected chi connectivity index (χ2v) is 7.86. The summed E-state index contributed by atoms with van der Waals surface area (Å²) in [6.07, 6.45) is 1.41. The summed E-state index contributed by atoms with van der Waals surface area (Å²) in [4.78, 5) is 0.282. The zero-order chi connectivity index (χ0) is 16.3. The Labute approximate surface area is 141 Å². The third-order valence-electron chi connectivity index (χ3n) is 3.90. The molecule has 4 nitrogen and oxygen atoms in total. The zero-order valence-electron chi connectivity index (χ0n) is 12.6. The van der Waals surface area contributed by atoms with Crippen LogP contribution in [0.25, 0.3) is 0 Å². The first-order valence-electron chi connectivity index (χ1n) is 7.53. The van der Waals surface area contributed by atoms with Gasteiger partial charge in [-0.05, 0) is 49.2 Å². The van der Waals surface area contributed by atoms with Gasteiger partial charge in [-0.1, -0.05) is 29.8 Å². The van der Waals surface area contributed by atoms with Gasteiger partial charge in [0.15, 0.2) is 0 Å². The van der Waals surface area contributed by atoms with Crippen LogP contribution in [0.4, 0.5) is 0 Å². The highest BCUT2D eigenvalue weighted by Gasteiger charge is 2.30. The van der Waals surface area contributed by atoms with Crippen LogP contribution in [0.1, 0.15) is 12.8 Å². The predicted molar refractivity (Wildman–Crippen MR) is 90.3 cm³/mol. The molecular formula is C17H18ClNO3S. The molecule has 0 amide bonds. The second kappa shape index (κ2) is 6.91. The highest BCUT2D eigenvalue weighted by Crippen LogP contribution is 2.24. The van der Waals surface area contributed by atoms with Gasteiger partial charge in [0, 0.05) is 18.1 Å². The van der Waals surface area contributed by atoms with Crippen LogP contribution >= 0.6 is 11.6 Å². The molecule has 2 aromatic carbocycles. The molecular weight excluding hydrogens is 334 g/mol. The Kier molecular flexibility index (Phi) is 4.90. The molecule has 0 aliphatic carbocycles. The van der Waals surface area contributed by atoms with Crippen molar-refractivity contribution < 1.29 is 13.2 Å². The van der Waals surface area contributed by atoms with E-state index >= 15 is 0 Å². The molecule has 0 radical (unpaired) electrons. The van der Waals surface area contributed by atoms with Crippen molar-refractivity contribution in [3.05, 3.63) is 59.6 Å². The molecule has 3 rings (SSSR count). The predicted octanol–water partition coefficient (Wildman–Crippen LogP) is 3.57. The van der Waals surface area contributed by atoms with Gasteiger partial charge >= 0.3 is 0 Å². The number of rotatable bonds is 4. The Morgan fingerprint density at radius 1 is 0.957 bits per heavy atom. The molecule has 0 unspecified atom stereocenters. The molecule has 122 valence electrons. The molecule has 2 aromatic rings. The van der Waals surface area contributed by atoms with Crippen LogP contribution in [-0.2, 0) is 10.0 Å². The summed E-state index contributed by atoms with van der Waals surface area (Å²) >= 11 is 5.82. The van der Waals surface area contributed by atoms with Gasteiger partial charge in [-0.2, -0.15) is 4.31 Å². The van der Waals surface area contributed by atoms with Crippen LogP contribution in [0.3, 0.4) is 0 Å². The number of piperidine rings is 1. The number of halogens is 1. The smallest absolute Gasteiger partial charge is 0.243 e. The molecule has 0 spiro atoms. The number of hydrogen-bond donors (Lipinski definition) is 0. The van der Waals surface area contributed by atoms with E-state index in [0.717, 1.165) is 5.75 Å². The Morgan fingerprint density at radius 3 is 2.17 bits per heavy atom. The Bertz CT molecular complexity index is 739. The summed E-state index contributed by atoms with van der Waals surface area (Å²) in [6, 6.07) is 15.9. The minimum atomic E-state index is -3.46. The average molecular weight is 352 g/mol. The fourth-order valence-corrected chi connectivity index (χ4v) is 4.23. The molecule has 1 saturated heterocycles. The maximum Gasteiger partial charge on any atom is 0.243 e. The van der Waals surface area contributed by atoms with Crippen molar-refractivity contribution in [2.45, 2.75) is 23.8 Å². The lowest BCUT2D eigenvalue weighted by atomic mass is 10.1. The fraction of sp³-hybridized carbons (Fsp3) is 0.294. The van der Waals surface area contributed by atoms with Gasteiger partial charge in [0.05, 0.1) is 4.90 Å². The van der Waals surface area contributed by atoms with Crippen molar-refractivity contribution in [2.75, 3.05) is 13.1 Å². The van der Waals surface area contributed by atoms with Gasteiger partial charge in [-0.3, -0.25) is 0 Å². The Hall–Kier alpha value is -1.56. The lowest BCUT2D eigenvalue weighted by Crippen LogP contribution is -2.41. The number of ether oxygens (including phenoxy) is 1. The first-order valence-corrected chi connectivity index (χ1v) is 9.35. The van der Waals surface area contributed by atoms with Crippen LogP contribution in [0.2, 0.25) is 5.02 Å². The van der Waals surface area contributed by atoms with E-state index in [1.807, 2.05) is 30.3 Å². The van der Waals surface area contributed by atoms with Gasteiger partial charge in [0.2, 0.25) is 10.0 Å². The van der Waals surface area contributed by atoms with E-state index in [2.05, 4.69) is 0 Å². The topological polar surface area (TPSA) is 46.6 Å². The number of benzene rings is 2. The molecule has 1 aliphatic rings. The minimum Gasteiger partial charge on any atom is -0.490 e. The monoisotopic (exact) mass is 351 g/mol. The molecule has 23 heavy (non-hydrogen) atoms. The minimum absolute atomic E-state index is 0.0501. The Morgan fingerprint density at radius 2 is 1.57 bits per heavy atom. The summed E-state index contributed by atoms with van der Waals surface area (Å²) in [5, 5.41) is 0.527. The van der Waals surface area contributed by atoms with Crippen molar-refractivity contribution >= 4 is 21.6 Å². The number of sulfonamides is 1. The van der Waals surface area contributed by atoms with Gasteiger partial charge in [0.25, 0.3) is 0 Å². The standard InChI is InChI=1S/C17H18ClNO3S/c18-14-6-8-17(9-7-14)23(20,21)19-12-10-16(11-13-19)22-15-4-2-1-3-5-15/h1-9,16H,10-13H2. The highest BCUT2D eigenvalue weighted by molar-refractivity contribution is 7.89. The van der Waals surface area contributed by atoms with Crippen molar-refractivity contribution in [2.24, 2.45) is 0 Å². The van der Waals surface area contributed by atoms with Crippen molar-refractivity contribution in [1.82, 2.24) is 4.31 Å². The van der Waals surface area contributed by atoms with Crippen LogP contribution in [0.5, 0.6) is 5.75 Å². The lowest BCUT2D eigenvalue weighted by Gasteiger charge is -2.31. The van der Waals surface area contributed by atoms with E-state index in [0.29, 0.717) is 31.0 Å². The molecule has 6 heteroatoms. The van der Waals surface area contributed by atoms with Gasteiger partial charge < -0.3 is 4.74 Å². The number of para-hydroxylation sites is 1. The van der Waals surface area contributed by atoms with E-state index in [1.165, 1.54) is 4.31 Å². The van der Waals surface area contributed by atoms with E-state index in [-0.39, 0.29) is 11.0 Å². The van der Waals surface area contributed by atoms with E-state index < -0.39 is 10.0 Å². The summed E-state index contributed by atoms with van der Waals surface area (Å²) < 4.78 is 32.6. The fourth-order valence-electron chi connectivity index (χ4n) is 2.64. The molecule has 0 N–H and O–H groups in total. The average Bonchev–Trinajstić information content (AvgIpc) is 2.57.